The minimum Gasteiger partial charge on any atom is -0.875 e. The molecule has 0 amide bonds. The summed E-state index contributed by atoms with van der Waals surface area (Å²) in [6, 6.07) is 8.28. The SMILES string of the molecule is CC([O-])=C1C=CC=C1.C[Si](C)(C)OCc1ccc[cH-]1.[Fe+2]. The molecular weight excluding hydrogens is 308 g/mol. The summed E-state index contributed by atoms with van der Waals surface area (Å²) in [5.41, 5.74) is 2.08. The minimum atomic E-state index is -1.31. The van der Waals surface area contributed by atoms with Gasteiger partial charge < -0.3 is 9.53 Å². The first-order chi connectivity index (χ1) is 8.88. The predicted molar refractivity (Wildman–Crippen MR) is 81.2 cm³/mol. The second kappa shape index (κ2) is 9.09. The van der Waals surface area contributed by atoms with Crippen molar-refractivity contribution in [2.24, 2.45) is 0 Å². The van der Waals surface area contributed by atoms with Crippen molar-refractivity contribution in [3.63, 3.8) is 0 Å². The maximum absolute atomic E-state index is 10.5. The quantitative estimate of drug-likeness (QED) is 0.483. The van der Waals surface area contributed by atoms with Crippen LogP contribution in [0.1, 0.15) is 12.5 Å². The molecule has 0 fully saturated rings. The fourth-order valence-corrected chi connectivity index (χ4v) is 2.02. The van der Waals surface area contributed by atoms with E-state index >= 15 is 0 Å². The Balaban J connectivity index is 0.000000359. The smallest absolute Gasteiger partial charge is 0.875 e. The van der Waals surface area contributed by atoms with E-state index in [1.165, 1.54) is 5.56 Å². The summed E-state index contributed by atoms with van der Waals surface area (Å²) < 4.78 is 5.71. The first-order valence-electron chi connectivity index (χ1n) is 6.46. The van der Waals surface area contributed by atoms with Gasteiger partial charge in [-0.1, -0.05) is 31.2 Å². The van der Waals surface area contributed by atoms with E-state index < -0.39 is 8.32 Å². The van der Waals surface area contributed by atoms with Crippen molar-refractivity contribution < 1.29 is 26.6 Å². The van der Waals surface area contributed by atoms with Crippen molar-refractivity contribution in [1.29, 1.82) is 0 Å². The summed E-state index contributed by atoms with van der Waals surface area (Å²) in [4.78, 5) is 0. The molecule has 1 aliphatic carbocycles. The Morgan fingerprint density at radius 1 is 1.25 bits per heavy atom. The number of hydrogen-bond donors (Lipinski definition) is 0. The van der Waals surface area contributed by atoms with Gasteiger partial charge in [-0.15, -0.1) is 11.3 Å². The van der Waals surface area contributed by atoms with Crippen LogP contribution in [0.15, 0.2) is 59.9 Å². The van der Waals surface area contributed by atoms with Crippen molar-refractivity contribution in [1.82, 2.24) is 0 Å². The van der Waals surface area contributed by atoms with Gasteiger partial charge in [-0.05, 0) is 25.2 Å². The van der Waals surface area contributed by atoms with E-state index in [0.29, 0.717) is 0 Å². The van der Waals surface area contributed by atoms with Crippen LogP contribution in [0.3, 0.4) is 0 Å². The Morgan fingerprint density at radius 3 is 2.20 bits per heavy atom. The number of allylic oxidation sites excluding steroid dienone is 6. The van der Waals surface area contributed by atoms with Crippen LogP contribution >= 0.6 is 0 Å². The zero-order chi connectivity index (χ0) is 14.3. The van der Waals surface area contributed by atoms with Gasteiger partial charge in [0.1, 0.15) is 0 Å². The van der Waals surface area contributed by atoms with E-state index in [1.807, 2.05) is 36.4 Å². The van der Waals surface area contributed by atoms with Crippen LogP contribution in [0, 0.1) is 0 Å². The monoisotopic (exact) mass is 330 g/mol. The first kappa shape index (κ1) is 19.1. The molecule has 1 aliphatic rings. The summed E-state index contributed by atoms with van der Waals surface area (Å²) in [6.45, 7) is 8.96. The van der Waals surface area contributed by atoms with Crippen LogP contribution in [0.4, 0.5) is 0 Å². The summed E-state index contributed by atoms with van der Waals surface area (Å²) in [5.74, 6) is 0.134. The molecule has 20 heavy (non-hydrogen) atoms. The maximum Gasteiger partial charge on any atom is 2.00 e. The predicted octanol–water partition coefficient (Wildman–Crippen LogP) is 3.50. The number of hydrogen-bond acceptors (Lipinski definition) is 2. The van der Waals surface area contributed by atoms with Crippen molar-refractivity contribution in [3.05, 3.63) is 65.5 Å². The molecule has 110 valence electrons. The van der Waals surface area contributed by atoms with Gasteiger partial charge in [0, 0.05) is 6.61 Å². The number of rotatable bonds is 3. The van der Waals surface area contributed by atoms with E-state index in [-0.39, 0.29) is 22.8 Å². The van der Waals surface area contributed by atoms with Gasteiger partial charge in [0.05, 0.1) is 0 Å². The Labute approximate surface area is 133 Å². The zero-order valence-electron chi connectivity index (χ0n) is 12.5. The Morgan fingerprint density at radius 2 is 1.85 bits per heavy atom. The standard InChI is InChI=1S/C9H15OSi.C7H8O.Fe/c1-11(2,3)10-8-9-6-4-5-7-9;1-6(8)7-4-2-3-5-7;/h4-7H,8H2,1-3H3;2-5,8H,1H3;/q-1;;+2/p-1. The van der Waals surface area contributed by atoms with Gasteiger partial charge in [0.15, 0.2) is 8.32 Å². The topological polar surface area (TPSA) is 32.3 Å². The van der Waals surface area contributed by atoms with Gasteiger partial charge in [0.2, 0.25) is 0 Å². The maximum atomic E-state index is 10.5. The van der Waals surface area contributed by atoms with Crippen LogP contribution < -0.4 is 5.11 Å². The minimum absolute atomic E-state index is 0. The summed E-state index contributed by atoms with van der Waals surface area (Å²) in [6.07, 6.45) is 7.33. The second-order valence-electron chi connectivity index (χ2n) is 5.42. The third kappa shape index (κ3) is 8.28. The van der Waals surface area contributed by atoms with Gasteiger partial charge in [-0.2, -0.15) is 12.1 Å². The Kier molecular flexibility index (Phi) is 8.66. The molecule has 4 heteroatoms. The molecule has 0 aliphatic heterocycles. The van der Waals surface area contributed by atoms with Crippen LogP contribution in [0.25, 0.3) is 0 Å². The van der Waals surface area contributed by atoms with Crippen LogP contribution in [-0.2, 0) is 28.1 Å². The van der Waals surface area contributed by atoms with Crippen molar-refractivity contribution >= 4 is 8.32 Å². The first-order valence-corrected chi connectivity index (χ1v) is 9.86. The van der Waals surface area contributed by atoms with Crippen molar-refractivity contribution in [2.75, 3.05) is 0 Å². The second-order valence-corrected chi connectivity index (χ2v) is 9.94. The summed E-state index contributed by atoms with van der Waals surface area (Å²) in [7, 11) is -1.31. The molecule has 0 saturated carbocycles. The molecule has 0 saturated heterocycles. The molecule has 0 N–H and O–H groups in total. The van der Waals surface area contributed by atoms with Crippen molar-refractivity contribution in [3.8, 4) is 0 Å². The summed E-state index contributed by atoms with van der Waals surface area (Å²) in [5, 5.41) is 10.5. The third-order valence-electron chi connectivity index (χ3n) is 2.47. The molecule has 0 radical (unpaired) electrons. The normalized spacial score (nSPS) is 12.7. The fraction of sp³-hybridized carbons (Fsp3) is 0.312. The van der Waals surface area contributed by atoms with Crippen molar-refractivity contribution in [2.45, 2.75) is 33.2 Å². The Hall–Kier alpha value is -0.934. The van der Waals surface area contributed by atoms with Crippen LogP contribution in [0.2, 0.25) is 19.6 Å². The molecule has 0 atom stereocenters. The largest absolute Gasteiger partial charge is 2.00 e. The average Bonchev–Trinajstić information content (AvgIpc) is 3.00. The van der Waals surface area contributed by atoms with Crippen LogP contribution in [-0.4, -0.2) is 8.32 Å². The van der Waals surface area contributed by atoms with E-state index in [2.05, 4.69) is 31.8 Å². The van der Waals surface area contributed by atoms with Gasteiger partial charge >= 0.3 is 17.1 Å². The molecule has 0 spiro atoms. The zero-order valence-corrected chi connectivity index (χ0v) is 14.6. The van der Waals surface area contributed by atoms with E-state index in [0.717, 1.165) is 12.2 Å². The van der Waals surface area contributed by atoms with E-state index in [9.17, 15) is 5.11 Å². The van der Waals surface area contributed by atoms with Gasteiger partial charge in [0.25, 0.3) is 0 Å². The average molecular weight is 330 g/mol. The molecule has 1 aromatic rings. The van der Waals surface area contributed by atoms with Gasteiger partial charge in [-0.25, -0.2) is 12.1 Å². The molecular formula is C16H22FeO2Si. The summed E-state index contributed by atoms with van der Waals surface area (Å²) >= 11 is 0. The van der Waals surface area contributed by atoms with E-state index in [4.69, 9.17) is 4.43 Å². The van der Waals surface area contributed by atoms with Crippen LogP contribution in [0.5, 0.6) is 0 Å². The molecule has 1 aromatic carbocycles. The third-order valence-corrected chi connectivity index (χ3v) is 3.48. The fourth-order valence-electron chi connectivity index (χ4n) is 1.42. The molecule has 0 bridgehead atoms. The van der Waals surface area contributed by atoms with E-state index in [1.54, 1.807) is 6.92 Å². The molecule has 0 aromatic heterocycles. The van der Waals surface area contributed by atoms with Gasteiger partial charge in [-0.3, -0.25) is 0 Å². The molecule has 0 heterocycles. The molecule has 2 rings (SSSR count). The molecule has 0 unspecified atom stereocenters. The molecule has 2 nitrogen and oxygen atoms in total. The Bertz CT molecular complexity index is 447.